The van der Waals surface area contributed by atoms with Gasteiger partial charge in [-0.1, -0.05) is 13.8 Å². The molecule has 0 saturated heterocycles. The van der Waals surface area contributed by atoms with E-state index in [1.165, 1.54) is 17.8 Å². The number of nitrogens with one attached hydrogen (secondary N) is 1. The van der Waals surface area contributed by atoms with E-state index in [0.29, 0.717) is 0 Å². The molecule has 0 bridgehead atoms. The van der Waals surface area contributed by atoms with Gasteiger partial charge in [-0.05, 0) is 56.3 Å². The lowest BCUT2D eigenvalue weighted by Crippen LogP contribution is -2.22. The molecule has 1 N–H and O–H groups in total. The van der Waals surface area contributed by atoms with Crippen molar-refractivity contribution in [2.24, 2.45) is 11.8 Å². The quantitative estimate of drug-likeness (QED) is 0.806. The fourth-order valence-electron chi connectivity index (χ4n) is 2.03. The molecule has 15 heavy (non-hydrogen) atoms. The highest BCUT2D eigenvalue weighted by atomic mass is 32.1. The van der Waals surface area contributed by atoms with Crippen molar-refractivity contribution in [1.29, 1.82) is 0 Å². The molecule has 1 saturated carbocycles. The highest BCUT2D eigenvalue weighted by Gasteiger charge is 2.38. The van der Waals surface area contributed by atoms with Crippen LogP contribution in [0.5, 0.6) is 0 Å². The second kappa shape index (κ2) is 4.67. The average Bonchev–Trinajstić information content (AvgIpc) is 2.80. The SMILES string of the molecule is Cc1ccc(C2CC2CNCC(C)C)s1. The van der Waals surface area contributed by atoms with Crippen molar-refractivity contribution in [3.05, 3.63) is 21.9 Å². The lowest BCUT2D eigenvalue weighted by Gasteiger charge is -2.06. The normalized spacial score (nSPS) is 24.8. The highest BCUT2D eigenvalue weighted by Crippen LogP contribution is 2.49. The molecule has 0 spiro atoms. The van der Waals surface area contributed by atoms with Gasteiger partial charge >= 0.3 is 0 Å². The fourth-order valence-corrected chi connectivity index (χ4v) is 3.12. The Hall–Kier alpha value is -0.340. The molecule has 2 unspecified atom stereocenters. The fraction of sp³-hybridized carbons (Fsp3) is 0.692. The second-order valence-electron chi connectivity index (χ2n) is 5.10. The maximum Gasteiger partial charge on any atom is 0.00823 e. The molecule has 2 rings (SSSR count). The molecule has 0 aliphatic heterocycles. The largest absolute Gasteiger partial charge is 0.316 e. The summed E-state index contributed by atoms with van der Waals surface area (Å²) in [4.78, 5) is 3.05. The van der Waals surface area contributed by atoms with Crippen LogP contribution in [0.3, 0.4) is 0 Å². The first kappa shape index (κ1) is 11.2. The molecule has 2 atom stereocenters. The summed E-state index contributed by atoms with van der Waals surface area (Å²) in [6.07, 6.45) is 1.39. The van der Waals surface area contributed by atoms with Crippen molar-refractivity contribution < 1.29 is 0 Å². The van der Waals surface area contributed by atoms with Gasteiger partial charge in [-0.2, -0.15) is 0 Å². The van der Waals surface area contributed by atoms with E-state index in [2.05, 4.69) is 38.2 Å². The van der Waals surface area contributed by atoms with E-state index in [0.717, 1.165) is 24.3 Å². The zero-order valence-corrected chi connectivity index (χ0v) is 10.7. The summed E-state index contributed by atoms with van der Waals surface area (Å²) in [6.45, 7) is 9.09. The maximum absolute atomic E-state index is 3.56. The van der Waals surface area contributed by atoms with Crippen molar-refractivity contribution in [2.45, 2.75) is 33.1 Å². The molecule has 84 valence electrons. The van der Waals surface area contributed by atoms with Gasteiger partial charge in [0.25, 0.3) is 0 Å². The second-order valence-corrected chi connectivity index (χ2v) is 6.42. The Morgan fingerprint density at radius 3 is 2.87 bits per heavy atom. The Kier molecular flexibility index (Phi) is 3.47. The summed E-state index contributed by atoms with van der Waals surface area (Å²) in [7, 11) is 0. The van der Waals surface area contributed by atoms with E-state index in [9.17, 15) is 0 Å². The Morgan fingerprint density at radius 2 is 2.27 bits per heavy atom. The van der Waals surface area contributed by atoms with Gasteiger partial charge in [-0.15, -0.1) is 11.3 Å². The molecule has 1 heterocycles. The monoisotopic (exact) mass is 223 g/mol. The minimum Gasteiger partial charge on any atom is -0.316 e. The third-order valence-corrected chi connectivity index (χ3v) is 4.14. The maximum atomic E-state index is 3.56. The van der Waals surface area contributed by atoms with E-state index >= 15 is 0 Å². The zero-order valence-electron chi connectivity index (χ0n) is 9.92. The Labute approximate surface area is 96.9 Å². The van der Waals surface area contributed by atoms with Crippen LogP contribution in [0.2, 0.25) is 0 Å². The van der Waals surface area contributed by atoms with E-state index in [-0.39, 0.29) is 0 Å². The average molecular weight is 223 g/mol. The molecule has 0 radical (unpaired) electrons. The van der Waals surface area contributed by atoms with E-state index < -0.39 is 0 Å². The van der Waals surface area contributed by atoms with Crippen LogP contribution in [0, 0.1) is 18.8 Å². The van der Waals surface area contributed by atoms with Crippen LogP contribution in [0.4, 0.5) is 0 Å². The number of hydrogen-bond acceptors (Lipinski definition) is 2. The van der Waals surface area contributed by atoms with Crippen molar-refractivity contribution in [1.82, 2.24) is 5.32 Å². The summed E-state index contributed by atoms with van der Waals surface area (Å²) in [6, 6.07) is 4.56. The first-order valence-corrected chi connectivity index (χ1v) is 6.75. The van der Waals surface area contributed by atoms with Crippen molar-refractivity contribution in [2.75, 3.05) is 13.1 Å². The molecule has 1 fully saturated rings. The molecule has 1 nitrogen and oxygen atoms in total. The number of rotatable bonds is 5. The molecule has 0 aromatic carbocycles. The summed E-state index contributed by atoms with van der Waals surface area (Å²) in [5, 5.41) is 3.56. The van der Waals surface area contributed by atoms with Gasteiger partial charge in [-0.25, -0.2) is 0 Å². The van der Waals surface area contributed by atoms with Gasteiger partial charge in [0.1, 0.15) is 0 Å². The minimum absolute atomic E-state index is 0.770. The van der Waals surface area contributed by atoms with Gasteiger partial charge in [0.2, 0.25) is 0 Å². The van der Waals surface area contributed by atoms with Crippen LogP contribution in [-0.2, 0) is 0 Å². The van der Waals surface area contributed by atoms with Crippen molar-refractivity contribution in [3.8, 4) is 0 Å². The number of hydrogen-bond donors (Lipinski definition) is 1. The number of thiophene rings is 1. The van der Waals surface area contributed by atoms with Crippen molar-refractivity contribution in [3.63, 3.8) is 0 Å². The molecule has 0 amide bonds. The molecule has 1 aromatic rings. The van der Waals surface area contributed by atoms with E-state index in [1.54, 1.807) is 4.88 Å². The Morgan fingerprint density at radius 1 is 1.47 bits per heavy atom. The molecule has 1 aromatic heterocycles. The smallest absolute Gasteiger partial charge is 0.00823 e. The van der Waals surface area contributed by atoms with Gasteiger partial charge in [0.15, 0.2) is 0 Å². The lowest BCUT2D eigenvalue weighted by molar-refractivity contribution is 0.533. The summed E-state index contributed by atoms with van der Waals surface area (Å²) >= 11 is 1.97. The third kappa shape index (κ3) is 3.05. The number of aryl methyl sites for hydroxylation is 1. The van der Waals surface area contributed by atoms with Gasteiger partial charge in [0, 0.05) is 9.75 Å². The molecule has 2 heteroatoms. The molecule has 1 aliphatic carbocycles. The summed E-state index contributed by atoms with van der Waals surface area (Å²) in [5.74, 6) is 2.54. The predicted molar refractivity (Wildman–Crippen MR) is 67.6 cm³/mol. The van der Waals surface area contributed by atoms with Crippen LogP contribution in [0.1, 0.15) is 35.9 Å². The zero-order chi connectivity index (χ0) is 10.8. The summed E-state index contributed by atoms with van der Waals surface area (Å²) < 4.78 is 0. The molecular formula is C13H21NS. The first-order valence-electron chi connectivity index (χ1n) is 5.94. The van der Waals surface area contributed by atoms with Crippen molar-refractivity contribution >= 4 is 11.3 Å². The topological polar surface area (TPSA) is 12.0 Å². The van der Waals surface area contributed by atoms with Crippen LogP contribution in [-0.4, -0.2) is 13.1 Å². The van der Waals surface area contributed by atoms with Crippen LogP contribution in [0.15, 0.2) is 12.1 Å². The lowest BCUT2D eigenvalue weighted by atomic mass is 10.2. The molecular weight excluding hydrogens is 202 g/mol. The van der Waals surface area contributed by atoms with Crippen LogP contribution >= 0.6 is 11.3 Å². The van der Waals surface area contributed by atoms with Crippen LogP contribution in [0.25, 0.3) is 0 Å². The molecule has 1 aliphatic rings. The predicted octanol–water partition coefficient (Wildman–Crippen LogP) is 3.41. The Balaban J connectivity index is 1.72. The highest BCUT2D eigenvalue weighted by molar-refractivity contribution is 7.12. The standard InChI is InChI=1S/C13H21NS/c1-9(2)7-14-8-11-6-12(11)13-5-4-10(3)15-13/h4-5,9,11-12,14H,6-8H2,1-3H3. The van der Waals surface area contributed by atoms with Gasteiger partial charge in [0.05, 0.1) is 0 Å². The van der Waals surface area contributed by atoms with Gasteiger partial charge in [-0.3, -0.25) is 0 Å². The van der Waals surface area contributed by atoms with E-state index in [1.807, 2.05) is 11.3 Å². The minimum atomic E-state index is 0.770. The Bertz CT molecular complexity index is 316. The summed E-state index contributed by atoms with van der Waals surface area (Å²) in [5.41, 5.74) is 0. The van der Waals surface area contributed by atoms with E-state index in [4.69, 9.17) is 0 Å². The first-order chi connectivity index (χ1) is 7.16. The third-order valence-electron chi connectivity index (χ3n) is 3.01. The van der Waals surface area contributed by atoms with Crippen LogP contribution < -0.4 is 5.32 Å². The van der Waals surface area contributed by atoms with Gasteiger partial charge < -0.3 is 5.32 Å².